The SMILES string of the molecule is CC(C(=O)OC(C)(C)C)C(O)c1ccc(O)c(Cl)c1. The Hall–Kier alpha value is -1.26. The molecular formula is C14H19ClO4. The first-order valence-corrected chi connectivity index (χ1v) is 6.39. The van der Waals surface area contributed by atoms with Crippen LogP contribution >= 0.6 is 11.6 Å². The predicted octanol–water partition coefficient (Wildman–Crippen LogP) is 3.06. The zero-order chi connectivity index (χ0) is 14.8. The Kier molecular flexibility index (Phi) is 4.82. The molecule has 0 amide bonds. The number of carbonyl (C=O) groups is 1. The molecule has 2 unspecified atom stereocenters. The van der Waals surface area contributed by atoms with E-state index in [1.807, 2.05) is 0 Å². The highest BCUT2D eigenvalue weighted by Gasteiger charge is 2.28. The van der Waals surface area contributed by atoms with E-state index < -0.39 is 23.6 Å². The Balaban J connectivity index is 2.84. The lowest BCUT2D eigenvalue weighted by Gasteiger charge is -2.24. The highest BCUT2D eigenvalue weighted by atomic mass is 35.5. The van der Waals surface area contributed by atoms with Gasteiger partial charge in [0.25, 0.3) is 0 Å². The molecule has 0 saturated carbocycles. The van der Waals surface area contributed by atoms with Crippen molar-refractivity contribution >= 4 is 17.6 Å². The summed E-state index contributed by atoms with van der Waals surface area (Å²) in [5.41, 5.74) is -0.140. The summed E-state index contributed by atoms with van der Waals surface area (Å²) in [6.07, 6.45) is -1.03. The minimum absolute atomic E-state index is 0.0671. The summed E-state index contributed by atoms with van der Waals surface area (Å²) in [7, 11) is 0. The van der Waals surface area contributed by atoms with Crippen LogP contribution in [0.25, 0.3) is 0 Å². The van der Waals surface area contributed by atoms with E-state index in [4.69, 9.17) is 16.3 Å². The van der Waals surface area contributed by atoms with Crippen molar-refractivity contribution in [2.24, 2.45) is 5.92 Å². The first-order valence-electron chi connectivity index (χ1n) is 6.01. The van der Waals surface area contributed by atoms with Crippen LogP contribution < -0.4 is 0 Å². The number of halogens is 1. The van der Waals surface area contributed by atoms with Crippen molar-refractivity contribution in [3.05, 3.63) is 28.8 Å². The van der Waals surface area contributed by atoms with Gasteiger partial charge >= 0.3 is 5.97 Å². The average Bonchev–Trinajstić information content (AvgIpc) is 2.28. The summed E-state index contributed by atoms with van der Waals surface area (Å²) in [5, 5.41) is 19.6. The molecule has 0 aliphatic carbocycles. The van der Waals surface area contributed by atoms with Crippen molar-refractivity contribution in [1.82, 2.24) is 0 Å². The molecule has 0 spiro atoms. The Morgan fingerprint density at radius 3 is 2.42 bits per heavy atom. The molecular weight excluding hydrogens is 268 g/mol. The van der Waals surface area contributed by atoms with E-state index in [2.05, 4.69) is 0 Å². The van der Waals surface area contributed by atoms with Gasteiger partial charge in [0.05, 0.1) is 17.0 Å². The number of carbonyl (C=O) groups excluding carboxylic acids is 1. The lowest BCUT2D eigenvalue weighted by Crippen LogP contribution is -2.30. The van der Waals surface area contributed by atoms with Crippen LogP contribution in [0.3, 0.4) is 0 Å². The van der Waals surface area contributed by atoms with Gasteiger partial charge in [0.2, 0.25) is 0 Å². The van der Waals surface area contributed by atoms with Gasteiger partial charge in [-0.1, -0.05) is 17.7 Å². The number of aliphatic hydroxyl groups is 1. The van der Waals surface area contributed by atoms with Crippen LogP contribution in [-0.2, 0) is 9.53 Å². The summed E-state index contributed by atoms with van der Waals surface area (Å²) < 4.78 is 5.21. The number of hydrogen-bond donors (Lipinski definition) is 2. The quantitative estimate of drug-likeness (QED) is 0.838. The summed E-state index contributed by atoms with van der Waals surface area (Å²) in [6, 6.07) is 4.33. The molecule has 0 radical (unpaired) electrons. The molecule has 1 aromatic rings. The minimum Gasteiger partial charge on any atom is -0.506 e. The van der Waals surface area contributed by atoms with E-state index in [-0.39, 0.29) is 10.8 Å². The van der Waals surface area contributed by atoms with E-state index >= 15 is 0 Å². The number of phenolic OH excluding ortho intramolecular Hbond substituents is 1. The maximum atomic E-state index is 11.9. The molecule has 0 heterocycles. The standard InChI is InChI=1S/C14H19ClO4/c1-8(13(18)19-14(2,3)4)12(17)9-5-6-11(16)10(15)7-9/h5-8,12,16-17H,1-4H3. The van der Waals surface area contributed by atoms with Crippen LogP contribution in [0.5, 0.6) is 5.75 Å². The van der Waals surface area contributed by atoms with E-state index in [9.17, 15) is 15.0 Å². The highest BCUT2D eigenvalue weighted by molar-refractivity contribution is 6.32. The zero-order valence-electron chi connectivity index (χ0n) is 11.5. The first-order chi connectivity index (χ1) is 8.61. The fourth-order valence-electron chi connectivity index (χ4n) is 1.52. The van der Waals surface area contributed by atoms with Gasteiger partial charge in [0.15, 0.2) is 0 Å². The molecule has 19 heavy (non-hydrogen) atoms. The Labute approximate surface area is 118 Å². The van der Waals surface area contributed by atoms with E-state index in [0.717, 1.165) is 0 Å². The number of rotatable bonds is 3. The number of esters is 1. The molecule has 5 heteroatoms. The van der Waals surface area contributed by atoms with Gasteiger partial charge in [-0.15, -0.1) is 0 Å². The maximum Gasteiger partial charge on any atom is 0.312 e. The van der Waals surface area contributed by atoms with E-state index in [1.165, 1.54) is 18.2 Å². The van der Waals surface area contributed by atoms with Crippen molar-refractivity contribution in [2.45, 2.75) is 39.4 Å². The number of benzene rings is 1. The number of phenols is 1. The predicted molar refractivity (Wildman–Crippen MR) is 73.1 cm³/mol. The van der Waals surface area contributed by atoms with Crippen molar-refractivity contribution < 1.29 is 19.7 Å². The van der Waals surface area contributed by atoms with Gasteiger partial charge in [0, 0.05) is 0 Å². The second-order valence-corrected chi connectivity index (χ2v) is 5.89. The smallest absolute Gasteiger partial charge is 0.312 e. The Bertz CT molecular complexity index is 465. The van der Waals surface area contributed by atoms with E-state index in [1.54, 1.807) is 27.7 Å². The molecule has 0 saturated heterocycles. The minimum atomic E-state index is -1.03. The molecule has 106 valence electrons. The van der Waals surface area contributed by atoms with Crippen LogP contribution in [0.15, 0.2) is 18.2 Å². The van der Waals surface area contributed by atoms with Crippen molar-refractivity contribution in [3.63, 3.8) is 0 Å². The van der Waals surface area contributed by atoms with Crippen LogP contribution in [0.4, 0.5) is 0 Å². The topological polar surface area (TPSA) is 66.8 Å². The molecule has 0 aliphatic heterocycles. The summed E-state index contributed by atoms with van der Waals surface area (Å²) >= 11 is 5.77. The number of hydrogen-bond acceptors (Lipinski definition) is 4. The van der Waals surface area contributed by atoms with Crippen LogP contribution in [0.2, 0.25) is 5.02 Å². The number of aromatic hydroxyl groups is 1. The third-order valence-electron chi connectivity index (χ3n) is 2.57. The van der Waals surface area contributed by atoms with Gasteiger partial charge in [-0.3, -0.25) is 4.79 Å². The zero-order valence-corrected chi connectivity index (χ0v) is 12.2. The molecule has 0 fully saturated rings. The first kappa shape index (κ1) is 15.8. The average molecular weight is 287 g/mol. The van der Waals surface area contributed by atoms with Gasteiger partial charge in [-0.05, 0) is 45.4 Å². The molecule has 1 aromatic carbocycles. The monoisotopic (exact) mass is 286 g/mol. The van der Waals surface area contributed by atoms with Crippen LogP contribution in [0, 0.1) is 5.92 Å². The molecule has 1 rings (SSSR count). The van der Waals surface area contributed by atoms with Gasteiger partial charge in [-0.2, -0.15) is 0 Å². The van der Waals surface area contributed by atoms with Gasteiger partial charge in [-0.25, -0.2) is 0 Å². The fourth-order valence-corrected chi connectivity index (χ4v) is 1.71. The Morgan fingerprint density at radius 2 is 1.95 bits per heavy atom. The molecule has 0 aromatic heterocycles. The number of ether oxygens (including phenoxy) is 1. The molecule has 2 N–H and O–H groups in total. The molecule has 4 nitrogen and oxygen atoms in total. The second kappa shape index (κ2) is 5.80. The summed E-state index contributed by atoms with van der Waals surface area (Å²) in [6.45, 7) is 6.88. The van der Waals surface area contributed by atoms with Crippen LogP contribution in [0.1, 0.15) is 39.4 Å². The summed E-state index contributed by atoms with van der Waals surface area (Å²) in [4.78, 5) is 11.9. The molecule has 0 bridgehead atoms. The van der Waals surface area contributed by atoms with Gasteiger partial charge in [0.1, 0.15) is 11.4 Å². The largest absolute Gasteiger partial charge is 0.506 e. The Morgan fingerprint density at radius 1 is 1.37 bits per heavy atom. The highest BCUT2D eigenvalue weighted by Crippen LogP contribution is 2.30. The fraction of sp³-hybridized carbons (Fsp3) is 0.500. The van der Waals surface area contributed by atoms with Crippen molar-refractivity contribution in [2.75, 3.05) is 0 Å². The molecule has 0 aliphatic rings. The third kappa shape index (κ3) is 4.40. The van der Waals surface area contributed by atoms with E-state index in [0.29, 0.717) is 5.56 Å². The molecule has 2 atom stereocenters. The summed E-state index contributed by atoms with van der Waals surface area (Å²) in [5.74, 6) is -1.27. The second-order valence-electron chi connectivity index (χ2n) is 5.48. The normalized spacial score (nSPS) is 14.8. The third-order valence-corrected chi connectivity index (χ3v) is 2.87. The van der Waals surface area contributed by atoms with Gasteiger partial charge < -0.3 is 14.9 Å². The lowest BCUT2D eigenvalue weighted by atomic mass is 9.97. The van der Waals surface area contributed by atoms with Crippen molar-refractivity contribution in [1.29, 1.82) is 0 Å². The van der Waals surface area contributed by atoms with Crippen molar-refractivity contribution in [3.8, 4) is 5.75 Å². The van der Waals surface area contributed by atoms with Crippen LogP contribution in [-0.4, -0.2) is 21.8 Å². The number of aliphatic hydroxyl groups excluding tert-OH is 1. The maximum absolute atomic E-state index is 11.9. The lowest BCUT2D eigenvalue weighted by molar-refractivity contribution is -0.163.